The number of hydrogen-bond donors (Lipinski definition) is 2. The average Bonchev–Trinajstić information content (AvgIpc) is 3.21. The van der Waals surface area contributed by atoms with Gasteiger partial charge in [-0.25, -0.2) is 9.18 Å². The van der Waals surface area contributed by atoms with Gasteiger partial charge in [-0.1, -0.05) is 17.9 Å². The lowest BCUT2D eigenvalue weighted by Crippen LogP contribution is -2.54. The Morgan fingerprint density at radius 2 is 2.00 bits per heavy atom. The first kappa shape index (κ1) is 19.9. The molecule has 154 valence electrons. The number of halogens is 1. The van der Waals surface area contributed by atoms with Crippen LogP contribution in [0.2, 0.25) is 0 Å². The predicted octanol–water partition coefficient (Wildman–Crippen LogP) is 1.29. The number of nitriles is 1. The van der Waals surface area contributed by atoms with Crippen LogP contribution in [0.15, 0.2) is 36.4 Å². The van der Waals surface area contributed by atoms with Gasteiger partial charge in [0.05, 0.1) is 19.2 Å². The highest BCUT2D eigenvalue weighted by atomic mass is 19.1. The van der Waals surface area contributed by atoms with E-state index in [-0.39, 0.29) is 30.1 Å². The SMILES string of the molecule is COc1ccc2c(c1)C(=O)N(C[C@@]1(C#Cc3ccc(F)cc3C#N)NC(=O)NC1=O)C2. The molecular formula is C22H15FN4O4. The van der Waals surface area contributed by atoms with E-state index in [1.807, 2.05) is 6.07 Å². The summed E-state index contributed by atoms with van der Waals surface area (Å²) in [6, 6.07) is 9.67. The van der Waals surface area contributed by atoms with Crippen LogP contribution in [0, 0.1) is 29.0 Å². The second-order valence-corrected chi connectivity index (χ2v) is 7.05. The molecule has 9 heteroatoms. The van der Waals surface area contributed by atoms with Gasteiger partial charge < -0.3 is 15.0 Å². The van der Waals surface area contributed by atoms with Gasteiger partial charge in [-0.05, 0) is 35.9 Å². The third-order valence-corrected chi connectivity index (χ3v) is 5.08. The first-order valence-corrected chi connectivity index (χ1v) is 9.18. The summed E-state index contributed by atoms with van der Waals surface area (Å²) in [4.78, 5) is 38.8. The second kappa shape index (κ2) is 7.47. The molecule has 2 aromatic rings. The Balaban J connectivity index is 1.68. The van der Waals surface area contributed by atoms with Crippen LogP contribution in [0.3, 0.4) is 0 Å². The van der Waals surface area contributed by atoms with Gasteiger partial charge in [-0.15, -0.1) is 0 Å². The molecule has 0 spiro atoms. The van der Waals surface area contributed by atoms with Gasteiger partial charge in [0.2, 0.25) is 5.54 Å². The van der Waals surface area contributed by atoms with E-state index in [0.717, 1.165) is 17.7 Å². The smallest absolute Gasteiger partial charge is 0.323 e. The molecule has 0 radical (unpaired) electrons. The molecule has 1 atom stereocenters. The van der Waals surface area contributed by atoms with Crippen molar-refractivity contribution >= 4 is 17.8 Å². The zero-order valence-corrected chi connectivity index (χ0v) is 16.3. The average molecular weight is 418 g/mol. The lowest BCUT2D eigenvalue weighted by molar-refractivity contribution is -0.122. The maximum atomic E-state index is 13.4. The zero-order valence-electron chi connectivity index (χ0n) is 16.3. The Morgan fingerprint density at radius 3 is 2.68 bits per heavy atom. The zero-order chi connectivity index (χ0) is 22.2. The number of amides is 4. The van der Waals surface area contributed by atoms with E-state index in [4.69, 9.17) is 4.74 Å². The summed E-state index contributed by atoms with van der Waals surface area (Å²) >= 11 is 0. The van der Waals surface area contributed by atoms with Crippen molar-refractivity contribution in [2.75, 3.05) is 13.7 Å². The molecule has 0 bridgehead atoms. The number of fused-ring (bicyclic) bond motifs is 1. The van der Waals surface area contributed by atoms with E-state index in [1.165, 1.54) is 18.1 Å². The number of ether oxygens (including phenoxy) is 1. The minimum atomic E-state index is -1.72. The molecule has 4 amide bonds. The Bertz CT molecular complexity index is 1240. The number of methoxy groups -OCH3 is 1. The van der Waals surface area contributed by atoms with Gasteiger partial charge in [0.25, 0.3) is 11.8 Å². The van der Waals surface area contributed by atoms with Crippen molar-refractivity contribution in [3.63, 3.8) is 0 Å². The van der Waals surface area contributed by atoms with Crippen LogP contribution in [0.4, 0.5) is 9.18 Å². The maximum absolute atomic E-state index is 13.4. The predicted molar refractivity (Wildman–Crippen MR) is 105 cm³/mol. The molecular weight excluding hydrogens is 403 g/mol. The molecule has 0 saturated carbocycles. The van der Waals surface area contributed by atoms with Crippen LogP contribution in [0.5, 0.6) is 5.75 Å². The highest BCUT2D eigenvalue weighted by molar-refractivity contribution is 6.10. The van der Waals surface area contributed by atoms with E-state index in [9.17, 15) is 24.0 Å². The summed E-state index contributed by atoms with van der Waals surface area (Å²) in [5.74, 6) is 4.26. The molecule has 1 saturated heterocycles. The van der Waals surface area contributed by atoms with Crippen LogP contribution >= 0.6 is 0 Å². The molecule has 2 heterocycles. The molecule has 2 aromatic carbocycles. The monoisotopic (exact) mass is 418 g/mol. The minimum Gasteiger partial charge on any atom is -0.497 e. The highest BCUT2D eigenvalue weighted by Crippen LogP contribution is 2.28. The fraction of sp³-hybridized carbons (Fsp3) is 0.182. The third-order valence-electron chi connectivity index (χ3n) is 5.08. The van der Waals surface area contributed by atoms with Crippen LogP contribution in [-0.4, -0.2) is 41.9 Å². The van der Waals surface area contributed by atoms with Gasteiger partial charge in [0, 0.05) is 17.7 Å². The van der Waals surface area contributed by atoms with Crippen LogP contribution in [0.25, 0.3) is 0 Å². The van der Waals surface area contributed by atoms with E-state index in [1.54, 1.807) is 18.2 Å². The number of rotatable bonds is 3. The maximum Gasteiger partial charge on any atom is 0.323 e. The van der Waals surface area contributed by atoms with Gasteiger partial charge in [-0.3, -0.25) is 14.9 Å². The van der Waals surface area contributed by atoms with Crippen LogP contribution < -0.4 is 15.4 Å². The number of benzene rings is 2. The molecule has 2 aliphatic heterocycles. The summed E-state index contributed by atoms with van der Waals surface area (Å²) < 4.78 is 18.5. The van der Waals surface area contributed by atoms with Gasteiger partial charge in [0.15, 0.2) is 0 Å². The normalized spacial score (nSPS) is 19.1. The van der Waals surface area contributed by atoms with Crippen molar-refractivity contribution in [2.24, 2.45) is 0 Å². The van der Waals surface area contributed by atoms with Crippen molar-refractivity contribution in [3.05, 3.63) is 64.5 Å². The van der Waals surface area contributed by atoms with E-state index in [0.29, 0.717) is 11.3 Å². The lowest BCUT2D eigenvalue weighted by atomic mass is 9.98. The molecule has 2 aliphatic rings. The van der Waals surface area contributed by atoms with Crippen LogP contribution in [-0.2, 0) is 11.3 Å². The van der Waals surface area contributed by atoms with Crippen molar-refractivity contribution in [1.29, 1.82) is 5.26 Å². The van der Waals surface area contributed by atoms with E-state index in [2.05, 4.69) is 22.5 Å². The molecule has 1 fully saturated rings. The van der Waals surface area contributed by atoms with Crippen LogP contribution in [0.1, 0.15) is 27.0 Å². The number of hydrogen-bond acceptors (Lipinski definition) is 5. The van der Waals surface area contributed by atoms with E-state index >= 15 is 0 Å². The number of nitrogens with zero attached hydrogens (tertiary/aromatic N) is 2. The second-order valence-electron chi connectivity index (χ2n) is 7.05. The Morgan fingerprint density at radius 1 is 1.19 bits per heavy atom. The van der Waals surface area contributed by atoms with Crippen molar-refractivity contribution < 1.29 is 23.5 Å². The van der Waals surface area contributed by atoms with Crippen molar-refractivity contribution in [3.8, 4) is 23.7 Å². The summed E-state index contributed by atoms with van der Waals surface area (Å²) in [6.07, 6.45) is 0. The molecule has 0 unspecified atom stereocenters. The standard InChI is InChI=1S/C22H15FN4O4/c1-31-17-5-3-14-11-27(19(28)18(14)9-17)12-22(20(29)25-21(30)26-22)7-6-13-2-4-16(23)8-15(13)10-24/h2-5,8-9H,11-12H2,1H3,(H2,25,26,29,30)/t22-/m1/s1. The van der Waals surface area contributed by atoms with Gasteiger partial charge in [-0.2, -0.15) is 5.26 Å². The number of imide groups is 1. The van der Waals surface area contributed by atoms with Crippen molar-refractivity contribution in [2.45, 2.75) is 12.1 Å². The summed E-state index contributed by atoms with van der Waals surface area (Å²) in [6.45, 7) is 0.0151. The molecule has 0 aromatic heterocycles. The molecule has 31 heavy (non-hydrogen) atoms. The quantitative estimate of drug-likeness (QED) is 0.576. The first-order valence-electron chi connectivity index (χ1n) is 9.18. The summed E-state index contributed by atoms with van der Waals surface area (Å²) in [7, 11) is 1.49. The van der Waals surface area contributed by atoms with Crippen molar-refractivity contribution in [1.82, 2.24) is 15.5 Å². The molecule has 2 N–H and O–H groups in total. The molecule has 0 aliphatic carbocycles. The number of carbonyl (C=O) groups excluding carboxylic acids is 3. The number of nitrogens with one attached hydrogen (secondary N) is 2. The molecule has 8 nitrogen and oxygen atoms in total. The fourth-order valence-corrected chi connectivity index (χ4v) is 3.50. The lowest BCUT2D eigenvalue weighted by Gasteiger charge is -2.26. The molecule has 4 rings (SSSR count). The Hall–Kier alpha value is -4.37. The summed E-state index contributed by atoms with van der Waals surface area (Å²) in [5.41, 5.74) is -0.344. The largest absolute Gasteiger partial charge is 0.497 e. The summed E-state index contributed by atoms with van der Waals surface area (Å²) in [5, 5.41) is 13.8. The third kappa shape index (κ3) is 3.53. The van der Waals surface area contributed by atoms with Gasteiger partial charge in [0.1, 0.15) is 17.6 Å². The number of carbonyl (C=O) groups is 3. The Kier molecular flexibility index (Phi) is 4.80. The number of urea groups is 1. The minimum absolute atomic E-state index is 0.0101. The fourth-order valence-electron chi connectivity index (χ4n) is 3.50. The van der Waals surface area contributed by atoms with Gasteiger partial charge >= 0.3 is 6.03 Å². The highest BCUT2D eigenvalue weighted by Gasteiger charge is 2.48. The topological polar surface area (TPSA) is 112 Å². The first-order chi connectivity index (χ1) is 14.8. The Labute approximate surface area is 176 Å². The van der Waals surface area contributed by atoms with E-state index < -0.39 is 23.3 Å².